The Hall–Kier alpha value is -1.44. The van der Waals surface area contributed by atoms with Crippen molar-refractivity contribution in [2.24, 2.45) is 0 Å². The molecular formula is C13H13ClN2O3S2. The highest BCUT2D eigenvalue weighted by molar-refractivity contribution is 7.90. The summed E-state index contributed by atoms with van der Waals surface area (Å²) in [4.78, 5) is 17.0. The Kier molecular flexibility index (Phi) is 4.65. The largest absolute Gasteiger partial charge is 0.292 e. The van der Waals surface area contributed by atoms with Crippen LogP contribution in [-0.4, -0.2) is 26.4 Å². The van der Waals surface area contributed by atoms with E-state index in [0.717, 1.165) is 0 Å². The summed E-state index contributed by atoms with van der Waals surface area (Å²) in [5.74, 6) is -0.367. The van der Waals surface area contributed by atoms with Gasteiger partial charge in [-0.05, 0) is 24.3 Å². The van der Waals surface area contributed by atoms with Crippen LogP contribution in [0.3, 0.4) is 0 Å². The highest BCUT2D eigenvalue weighted by Crippen LogP contribution is 2.23. The van der Waals surface area contributed by atoms with E-state index in [1.54, 1.807) is 12.4 Å². The number of carbonyl (C=O) groups is 1. The Labute approximate surface area is 132 Å². The average molecular weight is 345 g/mol. The molecule has 0 aliphatic rings. The molecule has 21 heavy (non-hydrogen) atoms. The van der Waals surface area contributed by atoms with E-state index in [4.69, 9.17) is 11.6 Å². The number of benzene rings is 1. The minimum absolute atomic E-state index is 0.156. The van der Waals surface area contributed by atoms with Gasteiger partial charge in [0.25, 0.3) is 0 Å². The lowest BCUT2D eigenvalue weighted by Crippen LogP contribution is -2.22. The Morgan fingerprint density at radius 2 is 1.95 bits per heavy atom. The van der Waals surface area contributed by atoms with Gasteiger partial charge in [-0.25, -0.2) is 13.4 Å². The molecule has 0 unspecified atom stereocenters. The van der Waals surface area contributed by atoms with Crippen molar-refractivity contribution in [2.75, 3.05) is 11.9 Å². The minimum Gasteiger partial charge on any atom is -0.292 e. The lowest BCUT2D eigenvalue weighted by Gasteiger charge is -2.09. The minimum atomic E-state index is -3.48. The van der Waals surface area contributed by atoms with Gasteiger partial charge in [0.2, 0.25) is 5.91 Å². The Bertz CT molecular complexity index is 754. The van der Waals surface area contributed by atoms with Gasteiger partial charge in [-0.2, -0.15) is 0 Å². The lowest BCUT2D eigenvalue weighted by molar-refractivity contribution is -0.116. The first-order valence-electron chi connectivity index (χ1n) is 5.96. The average Bonchev–Trinajstić information content (AvgIpc) is 2.85. The van der Waals surface area contributed by atoms with Crippen LogP contribution in [-0.2, 0) is 20.4 Å². The van der Waals surface area contributed by atoms with E-state index in [1.807, 2.05) is 0 Å². The van der Waals surface area contributed by atoms with Crippen LogP contribution in [0.5, 0.6) is 0 Å². The second-order valence-corrected chi connectivity index (χ2v) is 7.68. The fourth-order valence-corrected chi connectivity index (χ4v) is 3.89. The molecule has 0 aliphatic carbocycles. The number of amides is 1. The molecule has 0 atom stereocenters. The van der Waals surface area contributed by atoms with Crippen LogP contribution in [0.4, 0.5) is 5.13 Å². The number of carbonyl (C=O) groups excluding carboxylic acids is 1. The maximum Gasteiger partial charge on any atom is 0.225 e. The molecule has 2 rings (SSSR count). The van der Waals surface area contributed by atoms with Crippen molar-refractivity contribution >= 4 is 43.8 Å². The molecule has 0 aliphatic heterocycles. The molecule has 0 N–H and O–H groups in total. The van der Waals surface area contributed by atoms with Crippen molar-refractivity contribution in [3.63, 3.8) is 0 Å². The predicted molar refractivity (Wildman–Crippen MR) is 83.5 cm³/mol. The molecule has 112 valence electrons. The van der Waals surface area contributed by atoms with Gasteiger partial charge >= 0.3 is 0 Å². The van der Waals surface area contributed by atoms with E-state index in [0.29, 0.717) is 15.8 Å². The van der Waals surface area contributed by atoms with E-state index in [-0.39, 0.29) is 16.6 Å². The molecule has 1 aromatic heterocycles. The monoisotopic (exact) mass is 344 g/mol. The second kappa shape index (κ2) is 6.13. The summed E-state index contributed by atoms with van der Waals surface area (Å²) in [5, 5.41) is 2.60. The maximum atomic E-state index is 12.3. The molecule has 0 bridgehead atoms. The molecule has 2 aromatic rings. The molecule has 0 radical (unpaired) electrons. The van der Waals surface area contributed by atoms with Gasteiger partial charge in [0, 0.05) is 24.4 Å². The molecule has 8 heteroatoms. The first-order valence-corrected chi connectivity index (χ1v) is 8.87. The standard InChI is InChI=1S/C13H13ClN2O3S2/c1-9(17)16(2)13-15-11(7-20-13)8-21(18,19)12-5-3-10(14)4-6-12/h3-7H,8H2,1-2H3. The third-order valence-corrected chi connectivity index (χ3v) is 5.69. The summed E-state index contributed by atoms with van der Waals surface area (Å²) in [6, 6.07) is 5.99. The number of aromatic nitrogens is 1. The zero-order chi connectivity index (χ0) is 15.6. The summed E-state index contributed by atoms with van der Waals surface area (Å²) in [5.41, 5.74) is 0.415. The predicted octanol–water partition coefficient (Wildman–Crippen LogP) is 2.75. The molecule has 0 saturated carbocycles. The zero-order valence-corrected chi connectivity index (χ0v) is 13.8. The van der Waals surface area contributed by atoms with Crippen molar-refractivity contribution in [3.05, 3.63) is 40.4 Å². The third kappa shape index (κ3) is 3.81. The number of nitrogens with zero attached hydrogens (tertiary/aromatic N) is 2. The Morgan fingerprint density at radius 1 is 1.33 bits per heavy atom. The number of sulfone groups is 1. The summed E-state index contributed by atoms with van der Waals surface area (Å²) in [6.07, 6.45) is 0. The van der Waals surface area contributed by atoms with Crippen molar-refractivity contribution in [2.45, 2.75) is 17.6 Å². The topological polar surface area (TPSA) is 67.3 Å². The third-order valence-electron chi connectivity index (χ3n) is 2.81. The molecule has 0 fully saturated rings. The van der Waals surface area contributed by atoms with Crippen LogP contribution in [0.15, 0.2) is 34.5 Å². The SMILES string of the molecule is CC(=O)N(C)c1nc(CS(=O)(=O)c2ccc(Cl)cc2)cs1. The van der Waals surface area contributed by atoms with Crippen LogP contribution in [0.25, 0.3) is 0 Å². The van der Waals surface area contributed by atoms with Crippen molar-refractivity contribution < 1.29 is 13.2 Å². The normalized spacial score (nSPS) is 11.4. The molecular weight excluding hydrogens is 332 g/mol. The van der Waals surface area contributed by atoms with Crippen molar-refractivity contribution in [1.29, 1.82) is 0 Å². The van der Waals surface area contributed by atoms with Gasteiger partial charge < -0.3 is 0 Å². The smallest absolute Gasteiger partial charge is 0.225 e. The highest BCUT2D eigenvalue weighted by atomic mass is 35.5. The van der Waals surface area contributed by atoms with Crippen LogP contribution in [0, 0.1) is 0 Å². The van der Waals surface area contributed by atoms with Crippen LogP contribution in [0.2, 0.25) is 5.02 Å². The van der Waals surface area contributed by atoms with E-state index < -0.39 is 9.84 Å². The summed E-state index contributed by atoms with van der Waals surface area (Å²) in [7, 11) is -1.88. The molecule has 1 aromatic carbocycles. The van der Waals surface area contributed by atoms with E-state index in [2.05, 4.69) is 4.98 Å². The zero-order valence-electron chi connectivity index (χ0n) is 11.4. The van der Waals surface area contributed by atoms with Gasteiger partial charge in [-0.3, -0.25) is 9.69 Å². The van der Waals surface area contributed by atoms with Gasteiger partial charge in [0.05, 0.1) is 16.3 Å². The number of hydrogen-bond donors (Lipinski definition) is 0. The number of anilines is 1. The first-order chi connectivity index (χ1) is 9.79. The Morgan fingerprint density at radius 3 is 2.52 bits per heavy atom. The van der Waals surface area contributed by atoms with Gasteiger partial charge in [0.15, 0.2) is 15.0 Å². The maximum absolute atomic E-state index is 12.3. The fourth-order valence-electron chi connectivity index (χ4n) is 1.57. The Balaban J connectivity index is 2.21. The fraction of sp³-hybridized carbons (Fsp3) is 0.231. The number of halogens is 1. The number of thiazole rings is 1. The quantitative estimate of drug-likeness (QED) is 0.855. The van der Waals surface area contributed by atoms with E-state index >= 15 is 0 Å². The van der Waals surface area contributed by atoms with E-state index in [1.165, 1.54) is 47.4 Å². The molecule has 1 amide bonds. The summed E-state index contributed by atoms with van der Waals surface area (Å²) < 4.78 is 24.5. The molecule has 1 heterocycles. The van der Waals surface area contributed by atoms with Crippen LogP contribution < -0.4 is 4.90 Å². The first kappa shape index (κ1) is 15.9. The number of hydrogen-bond acceptors (Lipinski definition) is 5. The highest BCUT2D eigenvalue weighted by Gasteiger charge is 2.18. The molecule has 5 nitrogen and oxygen atoms in total. The van der Waals surface area contributed by atoms with Gasteiger partial charge in [-0.1, -0.05) is 11.6 Å². The van der Waals surface area contributed by atoms with Crippen molar-refractivity contribution in [3.8, 4) is 0 Å². The van der Waals surface area contributed by atoms with Crippen LogP contribution >= 0.6 is 22.9 Å². The molecule has 0 saturated heterocycles. The van der Waals surface area contributed by atoms with E-state index in [9.17, 15) is 13.2 Å². The van der Waals surface area contributed by atoms with Crippen molar-refractivity contribution in [1.82, 2.24) is 4.98 Å². The van der Waals surface area contributed by atoms with Gasteiger partial charge in [-0.15, -0.1) is 11.3 Å². The second-order valence-electron chi connectivity index (χ2n) is 4.41. The van der Waals surface area contributed by atoms with Crippen LogP contribution in [0.1, 0.15) is 12.6 Å². The van der Waals surface area contributed by atoms with Gasteiger partial charge in [0.1, 0.15) is 0 Å². The summed E-state index contributed by atoms with van der Waals surface area (Å²) in [6.45, 7) is 1.42. The summed E-state index contributed by atoms with van der Waals surface area (Å²) >= 11 is 6.98. The molecule has 0 spiro atoms. The lowest BCUT2D eigenvalue weighted by atomic mass is 10.4. The number of rotatable bonds is 4.